The average Bonchev–Trinajstić information content (AvgIpc) is 3.16. The molecule has 2 fully saturated rings. The van der Waals surface area contributed by atoms with Crippen LogP contribution in [-0.4, -0.2) is 25.4 Å². The molecule has 0 amide bonds. The van der Waals surface area contributed by atoms with Crippen LogP contribution in [0.3, 0.4) is 0 Å². The summed E-state index contributed by atoms with van der Waals surface area (Å²) in [5.74, 6) is 1.57. The van der Waals surface area contributed by atoms with Crippen molar-refractivity contribution in [2.24, 2.45) is 5.92 Å². The molecule has 1 saturated carbocycles. The quantitative estimate of drug-likeness (QED) is 0.864. The minimum absolute atomic E-state index is 0.368. The van der Waals surface area contributed by atoms with E-state index >= 15 is 0 Å². The number of nitrogens with one attached hydrogen (secondary N) is 1. The zero-order valence-electron chi connectivity index (χ0n) is 12.5. The monoisotopic (exact) mass is 275 g/mol. The first kappa shape index (κ1) is 13.9. The first-order chi connectivity index (χ1) is 9.76. The Hall–Kier alpha value is -1.06. The van der Waals surface area contributed by atoms with E-state index in [4.69, 9.17) is 9.47 Å². The fourth-order valence-electron chi connectivity index (χ4n) is 3.02. The van der Waals surface area contributed by atoms with E-state index in [1.165, 1.54) is 18.4 Å². The van der Waals surface area contributed by atoms with E-state index in [-0.39, 0.29) is 0 Å². The summed E-state index contributed by atoms with van der Waals surface area (Å²) in [4.78, 5) is 0. The van der Waals surface area contributed by atoms with Crippen molar-refractivity contribution in [3.63, 3.8) is 0 Å². The molecule has 20 heavy (non-hydrogen) atoms. The molecule has 1 aliphatic carbocycles. The van der Waals surface area contributed by atoms with Gasteiger partial charge in [-0.1, -0.05) is 19.1 Å². The van der Waals surface area contributed by atoms with E-state index < -0.39 is 0 Å². The lowest BCUT2D eigenvalue weighted by Gasteiger charge is -2.24. The van der Waals surface area contributed by atoms with Crippen molar-refractivity contribution in [1.82, 2.24) is 5.32 Å². The SMILES string of the molecule is CCNC(c1cccc(OC2CC2)c1)C1COC(C)C1. The second-order valence-corrected chi connectivity index (χ2v) is 6.06. The second kappa shape index (κ2) is 6.15. The van der Waals surface area contributed by atoms with Gasteiger partial charge in [-0.25, -0.2) is 0 Å². The zero-order chi connectivity index (χ0) is 13.9. The Labute approximate surface area is 121 Å². The molecule has 0 aromatic heterocycles. The Morgan fingerprint density at radius 2 is 2.25 bits per heavy atom. The molecule has 0 radical (unpaired) electrons. The van der Waals surface area contributed by atoms with Gasteiger partial charge in [0, 0.05) is 12.0 Å². The normalized spacial score (nSPS) is 27.5. The zero-order valence-corrected chi connectivity index (χ0v) is 12.5. The third-order valence-corrected chi connectivity index (χ3v) is 4.17. The van der Waals surface area contributed by atoms with E-state index in [1.54, 1.807) is 0 Å². The number of benzene rings is 1. The molecular formula is C17H25NO2. The van der Waals surface area contributed by atoms with Crippen molar-refractivity contribution in [3.05, 3.63) is 29.8 Å². The maximum absolute atomic E-state index is 5.92. The summed E-state index contributed by atoms with van der Waals surface area (Å²) < 4.78 is 11.7. The molecular weight excluding hydrogens is 250 g/mol. The topological polar surface area (TPSA) is 30.5 Å². The maximum Gasteiger partial charge on any atom is 0.120 e. The van der Waals surface area contributed by atoms with Gasteiger partial charge in [0.15, 0.2) is 0 Å². The van der Waals surface area contributed by atoms with Crippen LogP contribution in [0, 0.1) is 5.92 Å². The summed E-state index contributed by atoms with van der Waals surface area (Å²) in [6, 6.07) is 8.95. The minimum Gasteiger partial charge on any atom is -0.490 e. The predicted octanol–water partition coefficient (Wildman–Crippen LogP) is 3.30. The van der Waals surface area contributed by atoms with E-state index in [2.05, 4.69) is 43.4 Å². The van der Waals surface area contributed by atoms with Crippen molar-refractivity contribution < 1.29 is 9.47 Å². The summed E-state index contributed by atoms with van der Waals surface area (Å²) in [5.41, 5.74) is 1.33. The Morgan fingerprint density at radius 1 is 1.40 bits per heavy atom. The highest BCUT2D eigenvalue weighted by Gasteiger charge is 2.30. The maximum atomic E-state index is 5.92. The van der Waals surface area contributed by atoms with E-state index in [0.717, 1.165) is 25.3 Å². The van der Waals surface area contributed by atoms with Gasteiger partial charge in [-0.15, -0.1) is 0 Å². The van der Waals surface area contributed by atoms with Gasteiger partial charge in [-0.2, -0.15) is 0 Å². The van der Waals surface area contributed by atoms with Crippen LogP contribution in [0.5, 0.6) is 5.75 Å². The number of ether oxygens (including phenoxy) is 2. The van der Waals surface area contributed by atoms with Gasteiger partial charge >= 0.3 is 0 Å². The Bertz CT molecular complexity index is 444. The Kier molecular flexibility index (Phi) is 4.27. The van der Waals surface area contributed by atoms with Crippen LogP contribution >= 0.6 is 0 Å². The molecule has 3 unspecified atom stereocenters. The highest BCUT2D eigenvalue weighted by Crippen LogP contribution is 2.34. The van der Waals surface area contributed by atoms with Crippen LogP contribution in [0.15, 0.2) is 24.3 Å². The van der Waals surface area contributed by atoms with E-state index in [0.29, 0.717) is 24.2 Å². The van der Waals surface area contributed by atoms with Crippen molar-refractivity contribution in [3.8, 4) is 5.75 Å². The van der Waals surface area contributed by atoms with Crippen molar-refractivity contribution in [2.45, 2.75) is 51.4 Å². The molecule has 1 saturated heterocycles. The smallest absolute Gasteiger partial charge is 0.120 e. The predicted molar refractivity (Wildman–Crippen MR) is 80.0 cm³/mol. The molecule has 3 heteroatoms. The van der Waals surface area contributed by atoms with Crippen LogP contribution < -0.4 is 10.1 Å². The van der Waals surface area contributed by atoms with Crippen LogP contribution in [0.25, 0.3) is 0 Å². The number of hydrogen-bond acceptors (Lipinski definition) is 3. The lowest BCUT2D eigenvalue weighted by molar-refractivity contribution is 0.117. The van der Waals surface area contributed by atoms with Gasteiger partial charge in [-0.3, -0.25) is 0 Å². The molecule has 1 aromatic carbocycles. The van der Waals surface area contributed by atoms with Gasteiger partial charge < -0.3 is 14.8 Å². The first-order valence-electron chi connectivity index (χ1n) is 7.88. The molecule has 3 rings (SSSR count). The van der Waals surface area contributed by atoms with E-state index in [1.807, 2.05) is 0 Å². The third-order valence-electron chi connectivity index (χ3n) is 4.17. The second-order valence-electron chi connectivity index (χ2n) is 6.06. The Balaban J connectivity index is 1.75. The number of hydrogen-bond donors (Lipinski definition) is 1. The Morgan fingerprint density at radius 3 is 2.90 bits per heavy atom. The van der Waals surface area contributed by atoms with E-state index in [9.17, 15) is 0 Å². The van der Waals surface area contributed by atoms with Crippen molar-refractivity contribution >= 4 is 0 Å². The number of rotatable bonds is 6. The van der Waals surface area contributed by atoms with Crippen LogP contribution in [-0.2, 0) is 4.74 Å². The first-order valence-corrected chi connectivity index (χ1v) is 7.88. The molecule has 3 nitrogen and oxygen atoms in total. The summed E-state index contributed by atoms with van der Waals surface area (Å²) in [7, 11) is 0. The lowest BCUT2D eigenvalue weighted by Crippen LogP contribution is -2.28. The summed E-state index contributed by atoms with van der Waals surface area (Å²) >= 11 is 0. The van der Waals surface area contributed by atoms with Gasteiger partial charge in [0.05, 0.1) is 18.8 Å². The minimum atomic E-state index is 0.368. The fraction of sp³-hybridized carbons (Fsp3) is 0.647. The molecule has 1 aliphatic heterocycles. The van der Waals surface area contributed by atoms with Gasteiger partial charge in [0.25, 0.3) is 0 Å². The van der Waals surface area contributed by atoms with Gasteiger partial charge in [-0.05, 0) is 50.4 Å². The molecule has 1 aromatic rings. The standard InChI is InChI=1S/C17H25NO2/c1-3-18-17(14-9-12(2)19-11-14)13-5-4-6-16(10-13)20-15-7-8-15/h4-6,10,12,14-15,17-18H,3,7-9,11H2,1-2H3. The summed E-state index contributed by atoms with van der Waals surface area (Å²) in [6.45, 7) is 6.15. The summed E-state index contributed by atoms with van der Waals surface area (Å²) in [6.07, 6.45) is 4.37. The van der Waals surface area contributed by atoms with Crippen LogP contribution in [0.2, 0.25) is 0 Å². The van der Waals surface area contributed by atoms with Crippen molar-refractivity contribution in [2.75, 3.05) is 13.2 Å². The molecule has 110 valence electrons. The fourth-order valence-corrected chi connectivity index (χ4v) is 3.02. The molecule has 0 spiro atoms. The molecule has 1 N–H and O–H groups in total. The lowest BCUT2D eigenvalue weighted by atomic mass is 9.91. The van der Waals surface area contributed by atoms with Crippen LogP contribution in [0.4, 0.5) is 0 Å². The molecule has 0 bridgehead atoms. The highest BCUT2D eigenvalue weighted by atomic mass is 16.5. The van der Waals surface area contributed by atoms with Crippen LogP contribution in [0.1, 0.15) is 44.7 Å². The highest BCUT2D eigenvalue weighted by molar-refractivity contribution is 5.31. The van der Waals surface area contributed by atoms with Gasteiger partial charge in [0.1, 0.15) is 5.75 Å². The van der Waals surface area contributed by atoms with Crippen molar-refractivity contribution in [1.29, 1.82) is 0 Å². The third kappa shape index (κ3) is 3.33. The van der Waals surface area contributed by atoms with Gasteiger partial charge in [0.2, 0.25) is 0 Å². The molecule has 3 atom stereocenters. The molecule has 1 heterocycles. The average molecular weight is 275 g/mol. The largest absolute Gasteiger partial charge is 0.490 e. The molecule has 2 aliphatic rings. The summed E-state index contributed by atoms with van der Waals surface area (Å²) in [5, 5.41) is 3.62.